The van der Waals surface area contributed by atoms with Crippen LogP contribution in [0.15, 0.2) is 22.7 Å². The minimum absolute atomic E-state index is 0.0528. The molecule has 4 nitrogen and oxygen atoms in total. The Morgan fingerprint density at radius 1 is 1.56 bits per heavy atom. The zero-order valence-electron chi connectivity index (χ0n) is 10.0. The SMILES string of the molecule is Cc1cc(Br)cc(C(=O)N2CCOC(C#N)C2)c1. The first-order valence-electron chi connectivity index (χ1n) is 5.68. The standard InChI is InChI=1S/C13H13BrN2O2/c1-9-4-10(6-11(14)5-9)13(17)16-2-3-18-12(7-15)8-16/h4-6,12H,2-3,8H2,1H3. The fraction of sp³-hybridized carbons (Fsp3) is 0.385. The molecule has 0 aromatic heterocycles. The van der Waals surface area contributed by atoms with E-state index in [9.17, 15) is 4.79 Å². The van der Waals surface area contributed by atoms with E-state index >= 15 is 0 Å². The maximum atomic E-state index is 12.3. The highest BCUT2D eigenvalue weighted by molar-refractivity contribution is 9.10. The molecule has 1 unspecified atom stereocenters. The van der Waals surface area contributed by atoms with Crippen LogP contribution in [0, 0.1) is 18.3 Å². The second-order valence-electron chi connectivity index (χ2n) is 4.26. The molecule has 0 radical (unpaired) electrons. The van der Waals surface area contributed by atoms with E-state index in [0.29, 0.717) is 25.3 Å². The number of morpholine rings is 1. The maximum absolute atomic E-state index is 12.3. The van der Waals surface area contributed by atoms with Gasteiger partial charge in [-0.2, -0.15) is 5.26 Å². The van der Waals surface area contributed by atoms with Crippen LogP contribution < -0.4 is 0 Å². The van der Waals surface area contributed by atoms with Crippen LogP contribution in [-0.2, 0) is 4.74 Å². The molecule has 1 fully saturated rings. The number of halogens is 1. The van der Waals surface area contributed by atoms with E-state index < -0.39 is 6.10 Å². The largest absolute Gasteiger partial charge is 0.360 e. The first kappa shape index (κ1) is 13.1. The van der Waals surface area contributed by atoms with Crippen molar-refractivity contribution in [3.05, 3.63) is 33.8 Å². The van der Waals surface area contributed by atoms with Gasteiger partial charge < -0.3 is 9.64 Å². The molecular weight excluding hydrogens is 296 g/mol. The van der Waals surface area contributed by atoms with Gasteiger partial charge in [0.2, 0.25) is 0 Å². The average molecular weight is 309 g/mol. The van der Waals surface area contributed by atoms with Crippen LogP contribution >= 0.6 is 15.9 Å². The molecule has 0 aliphatic carbocycles. The topological polar surface area (TPSA) is 53.3 Å². The molecule has 1 atom stereocenters. The molecule has 1 amide bonds. The van der Waals surface area contributed by atoms with Gasteiger partial charge in [-0.3, -0.25) is 4.79 Å². The van der Waals surface area contributed by atoms with Gasteiger partial charge in [0.25, 0.3) is 5.91 Å². The van der Waals surface area contributed by atoms with Gasteiger partial charge in [0.1, 0.15) is 0 Å². The number of nitriles is 1. The van der Waals surface area contributed by atoms with Gasteiger partial charge >= 0.3 is 0 Å². The number of nitrogens with zero attached hydrogens (tertiary/aromatic N) is 2. The zero-order valence-corrected chi connectivity index (χ0v) is 11.6. The highest BCUT2D eigenvalue weighted by Gasteiger charge is 2.24. The van der Waals surface area contributed by atoms with Gasteiger partial charge in [-0.25, -0.2) is 0 Å². The zero-order chi connectivity index (χ0) is 13.1. The van der Waals surface area contributed by atoms with Crippen molar-refractivity contribution in [2.75, 3.05) is 19.7 Å². The lowest BCUT2D eigenvalue weighted by Gasteiger charge is -2.29. The number of amides is 1. The number of hydrogen-bond donors (Lipinski definition) is 0. The summed E-state index contributed by atoms with van der Waals surface area (Å²) >= 11 is 3.38. The summed E-state index contributed by atoms with van der Waals surface area (Å²) in [7, 11) is 0. The van der Waals surface area contributed by atoms with Crippen molar-refractivity contribution in [1.82, 2.24) is 4.90 Å². The molecule has 5 heteroatoms. The molecule has 2 rings (SSSR count). The van der Waals surface area contributed by atoms with Gasteiger partial charge in [0.05, 0.1) is 19.2 Å². The first-order valence-corrected chi connectivity index (χ1v) is 6.47. The molecule has 18 heavy (non-hydrogen) atoms. The Balaban J connectivity index is 2.18. The predicted octanol–water partition coefficient (Wildman–Crippen LogP) is 2.12. The Morgan fingerprint density at radius 3 is 3.00 bits per heavy atom. The molecule has 1 saturated heterocycles. The minimum Gasteiger partial charge on any atom is -0.360 e. The van der Waals surface area contributed by atoms with E-state index in [4.69, 9.17) is 10.00 Å². The number of aryl methyl sites for hydroxylation is 1. The number of carbonyl (C=O) groups excluding carboxylic acids is 1. The predicted molar refractivity (Wildman–Crippen MR) is 70.1 cm³/mol. The Hall–Kier alpha value is -1.38. The lowest BCUT2D eigenvalue weighted by Crippen LogP contribution is -2.45. The van der Waals surface area contributed by atoms with Crippen molar-refractivity contribution in [2.24, 2.45) is 0 Å². The van der Waals surface area contributed by atoms with Gasteiger partial charge in [0, 0.05) is 16.6 Å². The van der Waals surface area contributed by atoms with E-state index in [1.807, 2.05) is 25.1 Å². The van der Waals surface area contributed by atoms with Crippen LogP contribution in [0.3, 0.4) is 0 Å². The van der Waals surface area contributed by atoms with Crippen molar-refractivity contribution < 1.29 is 9.53 Å². The highest BCUT2D eigenvalue weighted by atomic mass is 79.9. The summed E-state index contributed by atoms with van der Waals surface area (Å²) in [5.41, 5.74) is 1.67. The lowest BCUT2D eigenvalue weighted by atomic mass is 10.1. The molecule has 1 aliphatic rings. The Bertz CT molecular complexity index is 490. The number of benzene rings is 1. The molecule has 1 heterocycles. The van der Waals surface area contributed by atoms with Crippen LogP contribution in [-0.4, -0.2) is 36.6 Å². The third-order valence-corrected chi connectivity index (χ3v) is 3.24. The molecule has 0 saturated carbocycles. The average Bonchev–Trinajstić information content (AvgIpc) is 2.37. The fourth-order valence-corrected chi connectivity index (χ4v) is 2.56. The molecule has 94 valence electrons. The smallest absolute Gasteiger partial charge is 0.254 e. The summed E-state index contributed by atoms with van der Waals surface area (Å²) in [5.74, 6) is -0.0528. The Labute approximate surface area is 114 Å². The molecule has 1 aliphatic heterocycles. The number of carbonyl (C=O) groups is 1. The summed E-state index contributed by atoms with van der Waals surface area (Å²) in [4.78, 5) is 14.0. The maximum Gasteiger partial charge on any atom is 0.254 e. The summed E-state index contributed by atoms with van der Waals surface area (Å²) < 4.78 is 6.11. The molecule has 1 aromatic rings. The van der Waals surface area contributed by atoms with Gasteiger partial charge in [-0.05, 0) is 30.7 Å². The molecular formula is C13H13BrN2O2. The van der Waals surface area contributed by atoms with Crippen LogP contribution in [0.4, 0.5) is 0 Å². The summed E-state index contributed by atoms with van der Waals surface area (Å²) in [6.45, 7) is 3.22. The van der Waals surface area contributed by atoms with Crippen molar-refractivity contribution >= 4 is 21.8 Å². The van der Waals surface area contributed by atoms with Crippen molar-refractivity contribution in [3.63, 3.8) is 0 Å². The molecule has 0 N–H and O–H groups in total. The van der Waals surface area contributed by atoms with Crippen LogP contribution in [0.25, 0.3) is 0 Å². The van der Waals surface area contributed by atoms with E-state index in [0.717, 1.165) is 10.0 Å². The minimum atomic E-state index is -0.518. The van der Waals surface area contributed by atoms with Gasteiger partial charge in [0.15, 0.2) is 6.10 Å². The van der Waals surface area contributed by atoms with Crippen molar-refractivity contribution in [2.45, 2.75) is 13.0 Å². The van der Waals surface area contributed by atoms with Crippen LogP contribution in [0.5, 0.6) is 0 Å². The number of ether oxygens (including phenoxy) is 1. The lowest BCUT2D eigenvalue weighted by molar-refractivity contribution is 0.00346. The second kappa shape index (κ2) is 5.51. The normalized spacial score (nSPS) is 19.4. The number of hydrogen-bond acceptors (Lipinski definition) is 3. The third-order valence-electron chi connectivity index (χ3n) is 2.79. The molecule has 0 bridgehead atoms. The van der Waals surface area contributed by atoms with Crippen molar-refractivity contribution in [1.29, 1.82) is 5.26 Å². The van der Waals surface area contributed by atoms with E-state index in [1.54, 1.807) is 11.0 Å². The Kier molecular flexibility index (Phi) is 4.00. The van der Waals surface area contributed by atoms with E-state index in [-0.39, 0.29) is 5.91 Å². The first-order chi connectivity index (χ1) is 8.60. The summed E-state index contributed by atoms with van der Waals surface area (Å²) in [6, 6.07) is 7.64. The van der Waals surface area contributed by atoms with E-state index in [2.05, 4.69) is 15.9 Å². The molecule has 1 aromatic carbocycles. The fourth-order valence-electron chi connectivity index (χ4n) is 1.95. The quantitative estimate of drug-likeness (QED) is 0.798. The van der Waals surface area contributed by atoms with Crippen LogP contribution in [0.2, 0.25) is 0 Å². The monoisotopic (exact) mass is 308 g/mol. The molecule has 0 spiro atoms. The van der Waals surface area contributed by atoms with Crippen LogP contribution in [0.1, 0.15) is 15.9 Å². The summed E-state index contributed by atoms with van der Waals surface area (Å²) in [6.07, 6.45) is -0.518. The van der Waals surface area contributed by atoms with Gasteiger partial charge in [-0.1, -0.05) is 15.9 Å². The van der Waals surface area contributed by atoms with Gasteiger partial charge in [-0.15, -0.1) is 0 Å². The second-order valence-corrected chi connectivity index (χ2v) is 5.17. The Morgan fingerprint density at radius 2 is 2.33 bits per heavy atom. The number of rotatable bonds is 1. The summed E-state index contributed by atoms with van der Waals surface area (Å²) in [5, 5.41) is 8.83. The highest BCUT2D eigenvalue weighted by Crippen LogP contribution is 2.18. The third kappa shape index (κ3) is 2.89. The van der Waals surface area contributed by atoms with E-state index in [1.165, 1.54) is 0 Å². The van der Waals surface area contributed by atoms with Crippen molar-refractivity contribution in [3.8, 4) is 6.07 Å².